The molecule has 108 valence electrons. The Bertz CT molecular complexity index is 379. The van der Waals surface area contributed by atoms with Gasteiger partial charge in [-0.15, -0.1) is 0 Å². The van der Waals surface area contributed by atoms with Gasteiger partial charge in [-0.1, -0.05) is 19.3 Å². The molecule has 1 aliphatic carbocycles. The second-order valence-electron chi connectivity index (χ2n) is 5.50. The normalized spacial score (nSPS) is 20.4. The molecule has 1 atom stereocenters. The quantitative estimate of drug-likeness (QED) is 0.605. The molecule has 0 radical (unpaired) electrons. The first kappa shape index (κ1) is 14.5. The number of aromatic nitrogens is 2. The lowest BCUT2D eigenvalue weighted by Crippen LogP contribution is -2.57. The van der Waals surface area contributed by atoms with Gasteiger partial charge in [-0.25, -0.2) is 0 Å². The maximum atomic E-state index is 6.13. The summed E-state index contributed by atoms with van der Waals surface area (Å²) in [4.78, 5) is 0. The maximum Gasteiger partial charge on any atom is 0.0851 e. The molecule has 19 heavy (non-hydrogen) atoms. The molecule has 0 spiro atoms. The summed E-state index contributed by atoms with van der Waals surface area (Å²) < 4.78 is 7.96. The van der Waals surface area contributed by atoms with Crippen molar-refractivity contribution in [2.75, 3.05) is 6.61 Å². The average molecular weight is 266 g/mol. The fraction of sp³-hybridized carbons (Fsp3) is 0.786. The molecule has 1 aromatic heterocycles. The molecule has 1 aliphatic rings. The minimum Gasteiger partial charge on any atom is -0.374 e. The fourth-order valence-electron chi connectivity index (χ4n) is 3.24. The first-order chi connectivity index (χ1) is 9.20. The molecular weight excluding hydrogens is 240 g/mol. The molecule has 1 aromatic rings. The summed E-state index contributed by atoms with van der Waals surface area (Å²) >= 11 is 0. The Labute approximate surface area is 115 Å². The average Bonchev–Trinajstić information content (AvgIpc) is 2.83. The number of nitrogens with zero attached hydrogens (tertiary/aromatic N) is 2. The molecule has 5 nitrogen and oxygen atoms in total. The summed E-state index contributed by atoms with van der Waals surface area (Å²) in [5.74, 6) is 5.82. The Hall–Kier alpha value is -0.910. The highest BCUT2D eigenvalue weighted by Crippen LogP contribution is 2.35. The number of rotatable bonds is 6. The van der Waals surface area contributed by atoms with Gasteiger partial charge in [0, 0.05) is 19.9 Å². The van der Waals surface area contributed by atoms with E-state index in [0.717, 1.165) is 25.9 Å². The highest BCUT2D eigenvalue weighted by molar-refractivity contribution is 5.09. The number of nitrogens with two attached hydrogens (primary N) is 1. The van der Waals surface area contributed by atoms with E-state index in [1.54, 1.807) is 0 Å². The summed E-state index contributed by atoms with van der Waals surface area (Å²) in [6.45, 7) is 2.80. The summed E-state index contributed by atoms with van der Waals surface area (Å²) in [6, 6.07) is 0.150. The van der Waals surface area contributed by atoms with E-state index in [1.165, 1.54) is 24.8 Å². The van der Waals surface area contributed by atoms with Crippen molar-refractivity contribution in [2.24, 2.45) is 12.9 Å². The summed E-state index contributed by atoms with van der Waals surface area (Å²) in [5.41, 5.74) is 4.08. The van der Waals surface area contributed by atoms with E-state index in [0.29, 0.717) is 0 Å². The SMILES string of the molecule is CCOC1(C(Cc2cnn(C)c2)NN)CCCCC1. The van der Waals surface area contributed by atoms with Crippen LogP contribution >= 0.6 is 0 Å². The second-order valence-corrected chi connectivity index (χ2v) is 5.50. The van der Waals surface area contributed by atoms with Crippen LogP contribution in [0.3, 0.4) is 0 Å². The first-order valence-corrected chi connectivity index (χ1v) is 7.28. The predicted octanol–water partition coefficient (Wildman–Crippen LogP) is 1.53. The third-order valence-corrected chi connectivity index (χ3v) is 4.17. The number of ether oxygens (including phenoxy) is 1. The summed E-state index contributed by atoms with van der Waals surface area (Å²) in [5, 5.41) is 4.23. The number of aryl methyl sites for hydroxylation is 1. The molecule has 1 heterocycles. The van der Waals surface area contributed by atoms with Crippen LogP contribution in [0.2, 0.25) is 0 Å². The third-order valence-electron chi connectivity index (χ3n) is 4.17. The lowest BCUT2D eigenvalue weighted by atomic mass is 9.77. The van der Waals surface area contributed by atoms with E-state index in [1.807, 2.05) is 24.1 Å². The van der Waals surface area contributed by atoms with Gasteiger partial charge in [-0.3, -0.25) is 16.0 Å². The van der Waals surface area contributed by atoms with E-state index in [9.17, 15) is 0 Å². The molecule has 0 bridgehead atoms. The van der Waals surface area contributed by atoms with Crippen molar-refractivity contribution >= 4 is 0 Å². The van der Waals surface area contributed by atoms with E-state index in [2.05, 4.69) is 17.4 Å². The zero-order chi connectivity index (χ0) is 13.7. The molecule has 0 saturated heterocycles. The Morgan fingerprint density at radius 1 is 1.47 bits per heavy atom. The van der Waals surface area contributed by atoms with Crippen molar-refractivity contribution in [3.05, 3.63) is 18.0 Å². The molecule has 1 saturated carbocycles. The molecule has 3 N–H and O–H groups in total. The van der Waals surface area contributed by atoms with Crippen LogP contribution < -0.4 is 11.3 Å². The van der Waals surface area contributed by atoms with Gasteiger partial charge in [-0.05, 0) is 31.7 Å². The van der Waals surface area contributed by atoms with Gasteiger partial charge in [-0.2, -0.15) is 5.10 Å². The zero-order valence-corrected chi connectivity index (χ0v) is 12.1. The third kappa shape index (κ3) is 3.35. The monoisotopic (exact) mass is 266 g/mol. The van der Waals surface area contributed by atoms with E-state index < -0.39 is 0 Å². The zero-order valence-electron chi connectivity index (χ0n) is 12.1. The van der Waals surface area contributed by atoms with E-state index in [-0.39, 0.29) is 11.6 Å². The van der Waals surface area contributed by atoms with Crippen LogP contribution in [0, 0.1) is 0 Å². The van der Waals surface area contributed by atoms with Crippen LogP contribution in [0.4, 0.5) is 0 Å². The minimum atomic E-state index is -0.114. The summed E-state index contributed by atoms with van der Waals surface area (Å²) in [7, 11) is 1.94. The van der Waals surface area contributed by atoms with Crippen molar-refractivity contribution in [3.63, 3.8) is 0 Å². The number of nitrogens with one attached hydrogen (secondary N) is 1. The van der Waals surface area contributed by atoms with Crippen molar-refractivity contribution in [1.29, 1.82) is 0 Å². The van der Waals surface area contributed by atoms with Crippen LogP contribution in [0.1, 0.15) is 44.6 Å². The molecule has 0 aromatic carbocycles. The second kappa shape index (κ2) is 6.50. The van der Waals surface area contributed by atoms with Gasteiger partial charge in [0.25, 0.3) is 0 Å². The van der Waals surface area contributed by atoms with Crippen molar-refractivity contribution in [3.8, 4) is 0 Å². The van der Waals surface area contributed by atoms with Crippen molar-refractivity contribution in [2.45, 2.75) is 57.1 Å². The molecular formula is C14H26N4O. The molecule has 1 unspecified atom stereocenters. The van der Waals surface area contributed by atoms with Crippen LogP contribution in [-0.2, 0) is 18.2 Å². The molecule has 0 amide bonds. The molecule has 5 heteroatoms. The standard InChI is InChI=1S/C14H26N4O/c1-3-19-14(7-5-4-6-8-14)13(17-15)9-12-10-16-18(2)11-12/h10-11,13,17H,3-9,15H2,1-2H3. The molecule has 2 rings (SSSR count). The Morgan fingerprint density at radius 2 is 2.21 bits per heavy atom. The maximum absolute atomic E-state index is 6.13. The largest absolute Gasteiger partial charge is 0.374 e. The van der Waals surface area contributed by atoms with Crippen LogP contribution in [0.15, 0.2) is 12.4 Å². The van der Waals surface area contributed by atoms with Gasteiger partial charge in [0.2, 0.25) is 0 Å². The Morgan fingerprint density at radius 3 is 2.74 bits per heavy atom. The Balaban J connectivity index is 2.12. The predicted molar refractivity (Wildman–Crippen MR) is 75.5 cm³/mol. The van der Waals surface area contributed by atoms with Crippen molar-refractivity contribution < 1.29 is 4.74 Å². The first-order valence-electron chi connectivity index (χ1n) is 7.28. The van der Waals surface area contributed by atoms with Gasteiger partial charge in [0.1, 0.15) is 0 Å². The van der Waals surface area contributed by atoms with Gasteiger partial charge >= 0.3 is 0 Å². The van der Waals surface area contributed by atoms with E-state index in [4.69, 9.17) is 10.6 Å². The highest BCUT2D eigenvalue weighted by Gasteiger charge is 2.40. The number of hydrogen-bond donors (Lipinski definition) is 2. The number of hydrogen-bond acceptors (Lipinski definition) is 4. The van der Waals surface area contributed by atoms with Gasteiger partial charge in [0.15, 0.2) is 0 Å². The van der Waals surface area contributed by atoms with Crippen LogP contribution in [0.5, 0.6) is 0 Å². The van der Waals surface area contributed by atoms with Gasteiger partial charge in [0.05, 0.1) is 17.8 Å². The topological polar surface area (TPSA) is 65.1 Å². The highest BCUT2D eigenvalue weighted by atomic mass is 16.5. The molecule has 0 aliphatic heterocycles. The Kier molecular flexibility index (Phi) is 4.96. The van der Waals surface area contributed by atoms with Gasteiger partial charge < -0.3 is 4.74 Å². The van der Waals surface area contributed by atoms with Crippen molar-refractivity contribution in [1.82, 2.24) is 15.2 Å². The van der Waals surface area contributed by atoms with E-state index >= 15 is 0 Å². The fourth-order valence-corrected chi connectivity index (χ4v) is 3.24. The molecule has 1 fully saturated rings. The van der Waals surface area contributed by atoms with Crippen LogP contribution in [0.25, 0.3) is 0 Å². The van der Waals surface area contributed by atoms with Crippen LogP contribution in [-0.4, -0.2) is 28.0 Å². The number of hydrazine groups is 1. The lowest BCUT2D eigenvalue weighted by Gasteiger charge is -2.43. The summed E-state index contributed by atoms with van der Waals surface area (Å²) in [6.07, 6.45) is 10.8. The smallest absolute Gasteiger partial charge is 0.0851 e. The minimum absolute atomic E-state index is 0.114. The lowest BCUT2D eigenvalue weighted by molar-refractivity contribution is -0.0898.